The Bertz CT molecular complexity index is 570. The molecular weight excluding hydrogens is 184 g/mol. The van der Waals surface area contributed by atoms with E-state index in [1.54, 1.807) is 0 Å². The number of allylic oxidation sites excluding steroid dienone is 3. The fourth-order valence-electron chi connectivity index (χ4n) is 2.11. The summed E-state index contributed by atoms with van der Waals surface area (Å²) < 4.78 is 5.81. The van der Waals surface area contributed by atoms with Crippen LogP contribution in [0.5, 0.6) is 0 Å². The van der Waals surface area contributed by atoms with E-state index in [9.17, 15) is 0 Å². The van der Waals surface area contributed by atoms with Crippen LogP contribution in [0.3, 0.4) is 0 Å². The second-order valence-electron chi connectivity index (χ2n) is 3.86. The molecule has 1 aromatic heterocycles. The molecule has 3 rings (SSSR count). The first-order valence-electron chi connectivity index (χ1n) is 5.21. The molecule has 0 spiro atoms. The van der Waals surface area contributed by atoms with Gasteiger partial charge in [-0.15, -0.1) is 0 Å². The van der Waals surface area contributed by atoms with Crippen LogP contribution in [0.2, 0.25) is 0 Å². The Morgan fingerprint density at radius 3 is 3.00 bits per heavy atom. The van der Waals surface area contributed by atoms with Crippen LogP contribution in [0.4, 0.5) is 0 Å². The highest BCUT2D eigenvalue weighted by Crippen LogP contribution is 2.33. The average Bonchev–Trinajstić information content (AvgIpc) is 2.53. The minimum atomic E-state index is 0.974. The van der Waals surface area contributed by atoms with Crippen molar-refractivity contribution >= 4 is 22.6 Å². The van der Waals surface area contributed by atoms with Crippen LogP contribution >= 0.6 is 0 Å². The first kappa shape index (κ1) is 8.54. The highest BCUT2D eigenvalue weighted by Gasteiger charge is 2.13. The van der Waals surface area contributed by atoms with Crippen LogP contribution in [0.25, 0.3) is 22.6 Å². The molecule has 0 N–H and O–H groups in total. The summed E-state index contributed by atoms with van der Waals surface area (Å²) in [5.41, 5.74) is 3.53. The number of furan rings is 1. The minimum Gasteiger partial charge on any atom is -0.456 e. The van der Waals surface area contributed by atoms with Crippen molar-refractivity contribution in [2.24, 2.45) is 0 Å². The van der Waals surface area contributed by atoms with E-state index < -0.39 is 0 Å². The summed E-state index contributed by atoms with van der Waals surface area (Å²) in [5.74, 6) is 0.988. The van der Waals surface area contributed by atoms with Crippen molar-refractivity contribution in [1.82, 2.24) is 0 Å². The Balaban J connectivity index is 2.43. The topological polar surface area (TPSA) is 13.1 Å². The van der Waals surface area contributed by atoms with Crippen molar-refractivity contribution < 1.29 is 4.42 Å². The largest absolute Gasteiger partial charge is 0.456 e. The van der Waals surface area contributed by atoms with Gasteiger partial charge >= 0.3 is 0 Å². The van der Waals surface area contributed by atoms with Gasteiger partial charge in [-0.1, -0.05) is 30.4 Å². The first-order valence-corrected chi connectivity index (χ1v) is 5.21. The third kappa shape index (κ3) is 1.23. The van der Waals surface area contributed by atoms with E-state index in [0.29, 0.717) is 0 Å². The zero-order valence-corrected chi connectivity index (χ0v) is 8.66. The lowest BCUT2D eigenvalue weighted by Crippen LogP contribution is -1.78. The average molecular weight is 196 g/mol. The molecule has 0 fully saturated rings. The summed E-state index contributed by atoms with van der Waals surface area (Å²) >= 11 is 0. The van der Waals surface area contributed by atoms with E-state index in [-0.39, 0.29) is 0 Å². The van der Waals surface area contributed by atoms with Crippen LogP contribution in [0.15, 0.2) is 40.8 Å². The fourth-order valence-corrected chi connectivity index (χ4v) is 2.11. The molecule has 2 aromatic rings. The molecule has 1 aliphatic carbocycles. The van der Waals surface area contributed by atoms with Gasteiger partial charge in [-0.2, -0.15) is 0 Å². The molecule has 1 aliphatic rings. The summed E-state index contributed by atoms with van der Waals surface area (Å²) in [6, 6.07) is 8.20. The van der Waals surface area contributed by atoms with Crippen LogP contribution in [0, 0.1) is 0 Å². The zero-order chi connectivity index (χ0) is 10.3. The molecule has 0 bridgehead atoms. The standard InChI is InChI=1S/C14H12O/c1-10-6-2-4-9-13-14(10)11-7-3-5-8-12(11)15-13/h3-9H,2H2,1H3. The van der Waals surface area contributed by atoms with Gasteiger partial charge in [0.1, 0.15) is 11.3 Å². The smallest absolute Gasteiger partial charge is 0.135 e. The highest BCUT2D eigenvalue weighted by molar-refractivity contribution is 5.94. The molecule has 0 saturated heterocycles. The molecular formula is C14H12O. The van der Waals surface area contributed by atoms with Crippen molar-refractivity contribution in [1.29, 1.82) is 0 Å². The van der Waals surface area contributed by atoms with Gasteiger partial charge in [0.05, 0.1) is 0 Å². The third-order valence-electron chi connectivity index (χ3n) is 2.85. The van der Waals surface area contributed by atoms with E-state index in [1.165, 1.54) is 16.5 Å². The lowest BCUT2D eigenvalue weighted by Gasteiger charge is -1.97. The number of hydrogen-bond acceptors (Lipinski definition) is 1. The number of rotatable bonds is 0. The number of hydrogen-bond donors (Lipinski definition) is 0. The van der Waals surface area contributed by atoms with Gasteiger partial charge in [-0.05, 0) is 31.1 Å². The third-order valence-corrected chi connectivity index (χ3v) is 2.85. The predicted octanol–water partition coefficient (Wildman–Crippen LogP) is 4.25. The van der Waals surface area contributed by atoms with Gasteiger partial charge < -0.3 is 4.42 Å². The van der Waals surface area contributed by atoms with Crippen molar-refractivity contribution in [2.75, 3.05) is 0 Å². The number of fused-ring (bicyclic) bond motifs is 3. The molecule has 0 unspecified atom stereocenters. The van der Waals surface area contributed by atoms with Crippen LogP contribution in [-0.2, 0) is 0 Å². The molecule has 0 aliphatic heterocycles. The van der Waals surface area contributed by atoms with Gasteiger partial charge in [-0.3, -0.25) is 0 Å². The van der Waals surface area contributed by atoms with E-state index in [2.05, 4.69) is 37.3 Å². The number of benzene rings is 1. The van der Waals surface area contributed by atoms with Gasteiger partial charge in [-0.25, -0.2) is 0 Å². The molecule has 1 heterocycles. The van der Waals surface area contributed by atoms with Gasteiger partial charge in [0.15, 0.2) is 0 Å². The van der Waals surface area contributed by atoms with Crippen molar-refractivity contribution in [3.63, 3.8) is 0 Å². The molecule has 0 amide bonds. The fraction of sp³-hybridized carbons (Fsp3) is 0.143. The summed E-state index contributed by atoms with van der Waals surface area (Å²) in [6.45, 7) is 2.15. The van der Waals surface area contributed by atoms with Crippen LogP contribution in [0.1, 0.15) is 24.7 Å². The highest BCUT2D eigenvalue weighted by atomic mass is 16.3. The summed E-state index contributed by atoms with van der Waals surface area (Å²) in [7, 11) is 0. The summed E-state index contributed by atoms with van der Waals surface area (Å²) in [4.78, 5) is 0. The lowest BCUT2D eigenvalue weighted by molar-refractivity contribution is 0.603. The molecule has 1 aromatic carbocycles. The molecule has 0 saturated carbocycles. The quantitative estimate of drug-likeness (QED) is 0.613. The molecule has 0 radical (unpaired) electrons. The molecule has 1 nitrogen and oxygen atoms in total. The van der Waals surface area contributed by atoms with Gasteiger partial charge in [0.25, 0.3) is 0 Å². The van der Waals surface area contributed by atoms with Crippen molar-refractivity contribution in [3.8, 4) is 0 Å². The monoisotopic (exact) mass is 196 g/mol. The normalized spacial score (nSPS) is 14.9. The van der Waals surface area contributed by atoms with E-state index in [1.807, 2.05) is 12.1 Å². The Labute approximate surface area is 88.7 Å². The predicted molar refractivity (Wildman–Crippen MR) is 63.5 cm³/mol. The van der Waals surface area contributed by atoms with Crippen LogP contribution < -0.4 is 0 Å². The Morgan fingerprint density at radius 1 is 1.20 bits per heavy atom. The Kier molecular flexibility index (Phi) is 1.78. The van der Waals surface area contributed by atoms with E-state index in [4.69, 9.17) is 4.42 Å². The Hall–Kier alpha value is -1.76. The van der Waals surface area contributed by atoms with Crippen LogP contribution in [-0.4, -0.2) is 0 Å². The van der Waals surface area contributed by atoms with Crippen molar-refractivity contribution in [3.05, 3.63) is 47.7 Å². The van der Waals surface area contributed by atoms with Gasteiger partial charge in [0, 0.05) is 10.9 Å². The number of para-hydroxylation sites is 1. The second-order valence-corrected chi connectivity index (χ2v) is 3.86. The molecule has 15 heavy (non-hydrogen) atoms. The van der Waals surface area contributed by atoms with Gasteiger partial charge in [0.2, 0.25) is 0 Å². The maximum absolute atomic E-state index is 5.81. The maximum atomic E-state index is 5.81. The van der Waals surface area contributed by atoms with E-state index in [0.717, 1.165) is 17.8 Å². The lowest BCUT2D eigenvalue weighted by atomic mass is 10.0. The summed E-state index contributed by atoms with van der Waals surface area (Å²) in [6.07, 6.45) is 7.44. The minimum absolute atomic E-state index is 0.974. The Morgan fingerprint density at radius 2 is 2.07 bits per heavy atom. The second kappa shape index (κ2) is 3.13. The zero-order valence-electron chi connectivity index (χ0n) is 8.66. The van der Waals surface area contributed by atoms with Crippen molar-refractivity contribution in [2.45, 2.75) is 13.3 Å². The SMILES string of the molecule is CC1=CCC=Cc2oc3ccccc3c21. The van der Waals surface area contributed by atoms with E-state index >= 15 is 0 Å². The molecule has 0 atom stereocenters. The summed E-state index contributed by atoms with van der Waals surface area (Å²) in [5, 5.41) is 1.22. The maximum Gasteiger partial charge on any atom is 0.135 e. The first-order chi connectivity index (χ1) is 7.36. The molecule has 1 heteroatoms. The molecule has 74 valence electrons.